The average molecular weight is 670 g/mol. The number of rotatable bonds is 6. The highest BCUT2D eigenvalue weighted by molar-refractivity contribution is 9.11. The Morgan fingerprint density at radius 3 is 1.47 bits per heavy atom. The summed E-state index contributed by atoms with van der Waals surface area (Å²) in [5.74, 6) is 0.739. The number of aromatic nitrogens is 2. The summed E-state index contributed by atoms with van der Waals surface area (Å²) < 4.78 is 3.09. The molecule has 3 rings (SSSR count). The molecule has 30 heavy (non-hydrogen) atoms. The van der Waals surface area contributed by atoms with Crippen LogP contribution in [-0.2, 0) is 9.59 Å². The number of carbonyl (C=O) groups is 2. The van der Waals surface area contributed by atoms with Crippen LogP contribution in [0, 0.1) is 0 Å². The van der Waals surface area contributed by atoms with Crippen molar-refractivity contribution in [2.45, 2.75) is 0 Å². The minimum Gasteiger partial charge on any atom is -0.309 e. The van der Waals surface area contributed by atoms with Gasteiger partial charge in [-0.25, -0.2) is 9.97 Å². The Balaban J connectivity index is 1.42. The number of nitrogens with zero attached hydrogens (tertiary/aromatic N) is 4. The second-order valence-electron chi connectivity index (χ2n) is 6.62. The van der Waals surface area contributed by atoms with E-state index < -0.39 is 0 Å². The number of carbonyl (C=O) groups excluding carboxylic acids is 2. The molecule has 0 aliphatic carbocycles. The Kier molecular flexibility index (Phi) is 8.78. The summed E-state index contributed by atoms with van der Waals surface area (Å²) >= 11 is 13.4. The van der Waals surface area contributed by atoms with Gasteiger partial charge in [0, 0.05) is 47.5 Å². The average Bonchev–Trinajstić information content (AvgIpc) is 2.68. The van der Waals surface area contributed by atoms with E-state index in [-0.39, 0.29) is 24.9 Å². The molecule has 3 heterocycles. The van der Waals surface area contributed by atoms with Crippen LogP contribution in [0.2, 0.25) is 0 Å². The van der Waals surface area contributed by atoms with Crippen molar-refractivity contribution in [1.29, 1.82) is 0 Å². The highest BCUT2D eigenvalue weighted by Gasteiger charge is 2.21. The van der Waals surface area contributed by atoms with E-state index in [9.17, 15) is 9.59 Å². The van der Waals surface area contributed by atoms with E-state index >= 15 is 0 Å². The van der Waals surface area contributed by atoms with Crippen molar-refractivity contribution in [3.05, 3.63) is 42.4 Å². The fraction of sp³-hybridized carbons (Fsp3) is 0.333. The molecule has 1 fully saturated rings. The van der Waals surface area contributed by atoms with Gasteiger partial charge in [-0.2, -0.15) is 0 Å². The predicted octanol–water partition coefficient (Wildman–Crippen LogP) is 3.72. The number of hydrogen-bond donors (Lipinski definition) is 2. The molecule has 1 aliphatic heterocycles. The van der Waals surface area contributed by atoms with E-state index in [0.29, 0.717) is 46.8 Å². The lowest BCUT2D eigenvalue weighted by molar-refractivity contribution is -0.120. The van der Waals surface area contributed by atoms with E-state index in [4.69, 9.17) is 0 Å². The smallest absolute Gasteiger partial charge is 0.239 e. The van der Waals surface area contributed by atoms with Crippen LogP contribution in [0.1, 0.15) is 0 Å². The van der Waals surface area contributed by atoms with Crippen LogP contribution in [0.4, 0.5) is 11.6 Å². The molecule has 0 spiro atoms. The lowest BCUT2D eigenvalue weighted by Crippen LogP contribution is -2.50. The summed E-state index contributed by atoms with van der Waals surface area (Å²) in [6, 6.07) is 3.66. The van der Waals surface area contributed by atoms with Crippen molar-refractivity contribution in [3.8, 4) is 0 Å². The maximum Gasteiger partial charge on any atom is 0.239 e. The zero-order chi connectivity index (χ0) is 21.7. The maximum absolute atomic E-state index is 12.3. The third-order valence-corrected chi connectivity index (χ3v) is 6.41. The molecule has 0 saturated carbocycles. The van der Waals surface area contributed by atoms with Crippen LogP contribution in [0.3, 0.4) is 0 Å². The highest BCUT2D eigenvalue weighted by Crippen LogP contribution is 2.24. The summed E-state index contributed by atoms with van der Waals surface area (Å²) in [6.45, 7) is 3.37. The molecule has 1 saturated heterocycles. The molecule has 2 amide bonds. The minimum atomic E-state index is -0.122. The quantitative estimate of drug-likeness (QED) is 0.488. The number of hydrogen-bond acceptors (Lipinski definition) is 6. The van der Waals surface area contributed by atoms with Gasteiger partial charge in [0.25, 0.3) is 0 Å². The van der Waals surface area contributed by atoms with Gasteiger partial charge in [-0.05, 0) is 75.9 Å². The normalized spacial score (nSPS) is 15.1. The predicted molar refractivity (Wildman–Crippen MR) is 129 cm³/mol. The molecule has 0 atom stereocenters. The van der Waals surface area contributed by atoms with Gasteiger partial charge in [-0.3, -0.25) is 19.4 Å². The second kappa shape index (κ2) is 11.1. The van der Waals surface area contributed by atoms with Crippen LogP contribution in [0.15, 0.2) is 42.4 Å². The molecule has 2 aromatic heterocycles. The first-order valence-electron chi connectivity index (χ1n) is 8.96. The van der Waals surface area contributed by atoms with Gasteiger partial charge in [0.1, 0.15) is 11.6 Å². The topological polar surface area (TPSA) is 90.5 Å². The van der Waals surface area contributed by atoms with Crippen molar-refractivity contribution >= 4 is 87.2 Å². The van der Waals surface area contributed by atoms with Crippen molar-refractivity contribution in [1.82, 2.24) is 19.8 Å². The molecule has 2 aromatic rings. The number of nitrogens with one attached hydrogen (secondary N) is 2. The van der Waals surface area contributed by atoms with Crippen LogP contribution < -0.4 is 10.6 Å². The van der Waals surface area contributed by atoms with Gasteiger partial charge in [0.05, 0.1) is 22.0 Å². The van der Waals surface area contributed by atoms with Crippen molar-refractivity contribution in [2.75, 3.05) is 49.9 Å². The van der Waals surface area contributed by atoms with Crippen LogP contribution in [0.25, 0.3) is 0 Å². The largest absolute Gasteiger partial charge is 0.309 e. The summed E-state index contributed by atoms with van der Waals surface area (Å²) in [6.07, 6.45) is 3.26. The number of piperazine rings is 1. The molecule has 0 bridgehead atoms. The Labute approximate surface area is 207 Å². The number of amides is 2. The Morgan fingerprint density at radius 2 is 1.13 bits per heavy atom. The third kappa shape index (κ3) is 7.06. The summed E-state index contributed by atoms with van der Waals surface area (Å²) in [4.78, 5) is 37.1. The Hall–Kier alpha value is -0.920. The molecule has 160 valence electrons. The van der Waals surface area contributed by atoms with E-state index in [1.807, 2.05) is 12.1 Å². The standard InChI is InChI=1S/C18H18Br4N6O2/c19-11-5-13(21)17(23-7-11)25-15(29)9-27-1-2-28(4-3-27)10-16(30)26-18-14(22)6-12(20)8-24-18/h5-8H,1-4,9-10H2,(H,23,25,29)(H,24,26,30). The van der Waals surface area contributed by atoms with Gasteiger partial charge in [0.15, 0.2) is 0 Å². The Bertz CT molecular complexity index is 861. The number of pyridine rings is 2. The lowest BCUT2D eigenvalue weighted by atomic mass is 10.3. The molecule has 2 N–H and O–H groups in total. The van der Waals surface area contributed by atoms with Gasteiger partial charge in [-0.15, -0.1) is 0 Å². The molecular formula is C18H18Br4N6O2. The first kappa shape index (κ1) is 23.7. The zero-order valence-electron chi connectivity index (χ0n) is 15.7. The van der Waals surface area contributed by atoms with E-state index in [2.05, 4.69) is 94.1 Å². The molecule has 8 nitrogen and oxygen atoms in total. The van der Waals surface area contributed by atoms with Crippen molar-refractivity contribution in [3.63, 3.8) is 0 Å². The summed E-state index contributed by atoms with van der Waals surface area (Å²) in [5.41, 5.74) is 0. The molecule has 0 aromatic carbocycles. The fourth-order valence-electron chi connectivity index (χ4n) is 2.87. The summed E-state index contributed by atoms with van der Waals surface area (Å²) in [7, 11) is 0. The molecule has 0 radical (unpaired) electrons. The maximum atomic E-state index is 12.3. The SMILES string of the molecule is O=C(CN1CCN(CC(=O)Nc2ncc(Br)cc2Br)CC1)Nc1ncc(Br)cc1Br. The van der Waals surface area contributed by atoms with E-state index in [0.717, 1.165) is 8.95 Å². The monoisotopic (exact) mass is 666 g/mol. The van der Waals surface area contributed by atoms with E-state index in [1.165, 1.54) is 0 Å². The number of anilines is 2. The Morgan fingerprint density at radius 1 is 0.767 bits per heavy atom. The van der Waals surface area contributed by atoms with Crippen LogP contribution in [-0.4, -0.2) is 70.9 Å². The number of halogens is 4. The molecule has 0 unspecified atom stereocenters. The van der Waals surface area contributed by atoms with E-state index in [1.54, 1.807) is 12.4 Å². The first-order valence-corrected chi connectivity index (χ1v) is 12.1. The summed E-state index contributed by atoms with van der Waals surface area (Å²) in [5, 5.41) is 5.63. The van der Waals surface area contributed by atoms with Crippen molar-refractivity contribution < 1.29 is 9.59 Å². The highest BCUT2D eigenvalue weighted by atomic mass is 79.9. The third-order valence-electron chi connectivity index (χ3n) is 4.33. The molecule has 12 heteroatoms. The van der Waals surface area contributed by atoms with Gasteiger partial charge in [0.2, 0.25) is 11.8 Å². The zero-order valence-corrected chi connectivity index (χ0v) is 22.0. The van der Waals surface area contributed by atoms with Gasteiger partial charge >= 0.3 is 0 Å². The van der Waals surface area contributed by atoms with Crippen LogP contribution in [0.5, 0.6) is 0 Å². The molecular weight excluding hydrogens is 652 g/mol. The lowest BCUT2D eigenvalue weighted by Gasteiger charge is -2.33. The van der Waals surface area contributed by atoms with Gasteiger partial charge < -0.3 is 10.6 Å². The second-order valence-corrected chi connectivity index (χ2v) is 10.2. The first-order chi connectivity index (χ1) is 14.3. The van der Waals surface area contributed by atoms with Gasteiger partial charge in [-0.1, -0.05) is 0 Å². The van der Waals surface area contributed by atoms with Crippen molar-refractivity contribution in [2.24, 2.45) is 0 Å². The fourth-order valence-corrected chi connectivity index (χ4v) is 5.04. The molecule has 1 aliphatic rings. The van der Waals surface area contributed by atoms with Crippen LogP contribution >= 0.6 is 63.7 Å². The minimum absolute atomic E-state index is 0.122.